The Morgan fingerprint density at radius 3 is 2.50 bits per heavy atom. The quantitative estimate of drug-likeness (QED) is 0.804. The predicted molar refractivity (Wildman–Crippen MR) is 77.2 cm³/mol. The zero-order chi connectivity index (χ0) is 15.9. The number of carbonyl (C=O) groups excluding carboxylic acids is 1. The third-order valence-electron chi connectivity index (χ3n) is 4.58. The number of rotatable bonds is 5. The van der Waals surface area contributed by atoms with Gasteiger partial charge in [-0.2, -0.15) is 13.2 Å². The summed E-state index contributed by atoms with van der Waals surface area (Å²) in [6.07, 6.45) is 0.0350. The van der Waals surface area contributed by atoms with E-state index in [0.29, 0.717) is 17.5 Å². The average molecular weight is 311 g/mol. The van der Waals surface area contributed by atoms with Crippen molar-refractivity contribution >= 4 is 5.91 Å². The van der Waals surface area contributed by atoms with Crippen molar-refractivity contribution in [3.8, 4) is 0 Å². The van der Waals surface area contributed by atoms with Crippen molar-refractivity contribution in [2.45, 2.75) is 57.3 Å². The molecule has 2 saturated carbocycles. The van der Waals surface area contributed by atoms with Crippen LogP contribution < -0.4 is 0 Å². The van der Waals surface area contributed by atoms with Crippen LogP contribution in [0.5, 0.6) is 0 Å². The smallest absolute Gasteiger partial charge is 0.336 e. The average Bonchev–Trinajstić information content (AvgIpc) is 3.31. The second-order valence-corrected chi connectivity index (χ2v) is 6.49. The molecule has 5 heteroatoms. The molecule has 0 heterocycles. The van der Waals surface area contributed by atoms with Crippen LogP contribution in [-0.4, -0.2) is 22.9 Å². The molecule has 2 aliphatic carbocycles. The highest BCUT2D eigenvalue weighted by molar-refractivity contribution is 5.80. The standard InChI is InChI=1S/C17H20F3NO/c1-11(13-5-6-13)21(15-7-8-15)16(22)10-12-3-2-4-14(9-12)17(18,19)20/h2-4,9,11,13,15H,5-8,10H2,1H3. The summed E-state index contributed by atoms with van der Waals surface area (Å²) in [5.41, 5.74) is -0.250. The Balaban J connectivity index is 1.72. The van der Waals surface area contributed by atoms with Crippen molar-refractivity contribution in [1.29, 1.82) is 0 Å². The summed E-state index contributed by atoms with van der Waals surface area (Å²) in [5.74, 6) is 0.535. The predicted octanol–water partition coefficient (Wildman–Crippen LogP) is 4.04. The molecule has 0 bridgehead atoms. The third kappa shape index (κ3) is 3.45. The first-order valence-corrected chi connectivity index (χ1v) is 7.83. The Hall–Kier alpha value is -1.52. The van der Waals surface area contributed by atoms with E-state index in [9.17, 15) is 18.0 Å². The maximum Gasteiger partial charge on any atom is 0.416 e. The number of amides is 1. The van der Waals surface area contributed by atoms with E-state index in [4.69, 9.17) is 0 Å². The van der Waals surface area contributed by atoms with Crippen LogP contribution in [0.1, 0.15) is 43.7 Å². The van der Waals surface area contributed by atoms with Crippen molar-refractivity contribution in [1.82, 2.24) is 4.90 Å². The fourth-order valence-corrected chi connectivity index (χ4v) is 3.05. The Morgan fingerprint density at radius 1 is 1.27 bits per heavy atom. The van der Waals surface area contributed by atoms with Gasteiger partial charge in [0.1, 0.15) is 0 Å². The van der Waals surface area contributed by atoms with E-state index < -0.39 is 11.7 Å². The van der Waals surface area contributed by atoms with Crippen LogP contribution in [0.2, 0.25) is 0 Å². The van der Waals surface area contributed by atoms with Crippen LogP contribution in [0.15, 0.2) is 24.3 Å². The highest BCUT2D eigenvalue weighted by atomic mass is 19.4. The SMILES string of the molecule is CC(C1CC1)N(C(=O)Cc1cccc(C(F)(F)F)c1)C1CC1. The summed E-state index contributed by atoms with van der Waals surface area (Å²) in [6, 6.07) is 5.61. The normalized spacial score (nSPS) is 19.8. The van der Waals surface area contributed by atoms with Gasteiger partial charge in [0.15, 0.2) is 0 Å². The molecule has 2 aliphatic rings. The first kappa shape index (κ1) is 15.4. The molecule has 1 atom stereocenters. The molecule has 120 valence electrons. The molecule has 1 aromatic carbocycles. The Morgan fingerprint density at radius 2 is 1.95 bits per heavy atom. The van der Waals surface area contributed by atoms with E-state index in [-0.39, 0.29) is 18.4 Å². The summed E-state index contributed by atoms with van der Waals surface area (Å²) in [4.78, 5) is 14.5. The van der Waals surface area contributed by atoms with Gasteiger partial charge < -0.3 is 4.90 Å². The lowest BCUT2D eigenvalue weighted by Gasteiger charge is -2.29. The molecule has 2 nitrogen and oxygen atoms in total. The van der Waals surface area contributed by atoms with Gasteiger partial charge in [-0.3, -0.25) is 4.79 Å². The Bertz CT molecular complexity index is 561. The van der Waals surface area contributed by atoms with Gasteiger partial charge in [0.2, 0.25) is 5.91 Å². The lowest BCUT2D eigenvalue weighted by Crippen LogP contribution is -2.42. The molecule has 3 rings (SSSR count). The van der Waals surface area contributed by atoms with E-state index in [2.05, 4.69) is 6.92 Å². The number of hydrogen-bond acceptors (Lipinski definition) is 1. The molecular weight excluding hydrogens is 291 g/mol. The molecule has 22 heavy (non-hydrogen) atoms. The second kappa shape index (κ2) is 5.60. The first-order chi connectivity index (χ1) is 10.4. The van der Waals surface area contributed by atoms with Crippen LogP contribution in [-0.2, 0) is 17.4 Å². The molecule has 1 unspecified atom stereocenters. The Kier molecular flexibility index (Phi) is 3.91. The monoisotopic (exact) mass is 311 g/mol. The fourth-order valence-electron chi connectivity index (χ4n) is 3.05. The van der Waals surface area contributed by atoms with Gasteiger partial charge in [-0.15, -0.1) is 0 Å². The first-order valence-electron chi connectivity index (χ1n) is 7.83. The number of halogens is 3. The summed E-state index contributed by atoms with van der Waals surface area (Å²) in [5, 5.41) is 0. The highest BCUT2D eigenvalue weighted by Gasteiger charge is 2.41. The minimum Gasteiger partial charge on any atom is -0.336 e. The fraction of sp³-hybridized carbons (Fsp3) is 0.588. The van der Waals surface area contributed by atoms with Crippen molar-refractivity contribution in [3.63, 3.8) is 0 Å². The molecule has 1 aromatic rings. The zero-order valence-electron chi connectivity index (χ0n) is 12.6. The Labute approximate surface area is 128 Å². The molecule has 0 aliphatic heterocycles. The molecule has 0 aromatic heterocycles. The van der Waals surface area contributed by atoms with Crippen molar-refractivity contribution in [2.24, 2.45) is 5.92 Å². The van der Waals surface area contributed by atoms with Crippen LogP contribution in [0, 0.1) is 5.92 Å². The van der Waals surface area contributed by atoms with Crippen LogP contribution in [0.4, 0.5) is 13.2 Å². The number of alkyl halides is 3. The lowest BCUT2D eigenvalue weighted by molar-refractivity contribution is -0.138. The number of nitrogens with zero attached hydrogens (tertiary/aromatic N) is 1. The maximum absolute atomic E-state index is 12.7. The molecular formula is C17H20F3NO. The molecule has 0 N–H and O–H groups in total. The van der Waals surface area contributed by atoms with E-state index in [0.717, 1.165) is 37.8 Å². The molecule has 1 amide bonds. The van der Waals surface area contributed by atoms with Crippen molar-refractivity contribution in [3.05, 3.63) is 35.4 Å². The van der Waals surface area contributed by atoms with Crippen molar-refractivity contribution in [2.75, 3.05) is 0 Å². The minimum atomic E-state index is -4.36. The van der Waals surface area contributed by atoms with Crippen LogP contribution in [0.25, 0.3) is 0 Å². The summed E-state index contributed by atoms with van der Waals surface area (Å²) >= 11 is 0. The van der Waals surface area contributed by atoms with Gasteiger partial charge in [0, 0.05) is 12.1 Å². The molecule has 0 spiro atoms. The minimum absolute atomic E-state index is 0.0405. The number of hydrogen-bond donors (Lipinski definition) is 0. The van der Waals surface area contributed by atoms with Gasteiger partial charge in [0.05, 0.1) is 12.0 Å². The van der Waals surface area contributed by atoms with Gasteiger partial charge >= 0.3 is 6.18 Å². The van der Waals surface area contributed by atoms with Gasteiger partial charge in [-0.25, -0.2) is 0 Å². The molecule has 0 saturated heterocycles. The van der Waals surface area contributed by atoms with Crippen LogP contribution in [0.3, 0.4) is 0 Å². The largest absolute Gasteiger partial charge is 0.416 e. The second-order valence-electron chi connectivity index (χ2n) is 6.49. The van der Waals surface area contributed by atoms with E-state index in [1.54, 1.807) is 6.07 Å². The zero-order valence-corrected chi connectivity index (χ0v) is 12.6. The molecule has 0 radical (unpaired) electrons. The van der Waals surface area contributed by atoms with Gasteiger partial charge in [-0.05, 0) is 50.2 Å². The third-order valence-corrected chi connectivity index (χ3v) is 4.58. The van der Waals surface area contributed by atoms with E-state index in [1.165, 1.54) is 6.07 Å². The topological polar surface area (TPSA) is 20.3 Å². The maximum atomic E-state index is 12.7. The van der Waals surface area contributed by atoms with E-state index >= 15 is 0 Å². The summed E-state index contributed by atoms with van der Waals surface area (Å²) in [7, 11) is 0. The van der Waals surface area contributed by atoms with E-state index in [1.807, 2.05) is 4.90 Å². The van der Waals surface area contributed by atoms with Gasteiger partial charge in [0.25, 0.3) is 0 Å². The highest BCUT2D eigenvalue weighted by Crippen LogP contribution is 2.40. The number of benzene rings is 1. The summed E-state index contributed by atoms with van der Waals surface area (Å²) < 4.78 is 38.2. The lowest BCUT2D eigenvalue weighted by atomic mass is 10.1. The number of carbonyl (C=O) groups is 1. The summed E-state index contributed by atoms with van der Waals surface area (Å²) in [6.45, 7) is 2.07. The molecule has 2 fully saturated rings. The van der Waals surface area contributed by atoms with Crippen molar-refractivity contribution < 1.29 is 18.0 Å². The van der Waals surface area contributed by atoms with Gasteiger partial charge in [-0.1, -0.05) is 18.2 Å². The van der Waals surface area contributed by atoms with Crippen LogP contribution >= 0.6 is 0 Å².